The van der Waals surface area contributed by atoms with Crippen molar-refractivity contribution < 1.29 is 4.74 Å². The van der Waals surface area contributed by atoms with Gasteiger partial charge in [0.1, 0.15) is 0 Å². The molecule has 2 rings (SSSR count). The highest BCUT2D eigenvalue weighted by atomic mass is 16.5. The Kier molecular flexibility index (Phi) is 5.75. The van der Waals surface area contributed by atoms with Crippen LogP contribution < -0.4 is 5.32 Å². The third-order valence-corrected chi connectivity index (χ3v) is 3.75. The van der Waals surface area contributed by atoms with E-state index in [1.54, 1.807) is 0 Å². The normalized spacial score (nSPS) is 25.6. The maximum Gasteiger partial charge on any atom is 0.0478 e. The third-order valence-electron chi connectivity index (χ3n) is 3.75. The molecule has 0 aromatic rings. The largest absolute Gasteiger partial charge is 0.381 e. The van der Waals surface area contributed by atoms with E-state index in [0.29, 0.717) is 0 Å². The molecule has 0 aromatic carbocycles. The van der Waals surface area contributed by atoms with Crippen LogP contribution in [0.4, 0.5) is 0 Å². The van der Waals surface area contributed by atoms with Crippen LogP contribution in [0, 0.1) is 5.92 Å². The van der Waals surface area contributed by atoms with Gasteiger partial charge in [-0.15, -0.1) is 0 Å². The van der Waals surface area contributed by atoms with Crippen LogP contribution >= 0.6 is 0 Å². The Morgan fingerprint density at radius 1 is 1.24 bits per heavy atom. The fourth-order valence-electron chi connectivity index (χ4n) is 2.54. The molecule has 1 unspecified atom stereocenters. The van der Waals surface area contributed by atoms with E-state index in [1.807, 2.05) is 0 Å². The zero-order chi connectivity index (χ0) is 11.9. The van der Waals surface area contributed by atoms with Gasteiger partial charge in [0.25, 0.3) is 0 Å². The number of hydrogen-bond donors (Lipinski definition) is 1. The summed E-state index contributed by atoms with van der Waals surface area (Å²) < 4.78 is 5.52. The molecular weight excluding hydrogens is 212 g/mol. The second-order valence-electron chi connectivity index (χ2n) is 5.60. The molecule has 1 atom stereocenters. The molecule has 3 nitrogen and oxygen atoms in total. The van der Waals surface area contributed by atoms with Crippen molar-refractivity contribution >= 4 is 0 Å². The highest BCUT2D eigenvalue weighted by Gasteiger charge is 2.25. The van der Waals surface area contributed by atoms with E-state index in [0.717, 1.165) is 31.6 Å². The van der Waals surface area contributed by atoms with Crippen LogP contribution in [0.1, 0.15) is 39.0 Å². The summed E-state index contributed by atoms with van der Waals surface area (Å²) in [7, 11) is 0. The van der Waals surface area contributed by atoms with Gasteiger partial charge in [0, 0.05) is 32.3 Å². The van der Waals surface area contributed by atoms with Crippen molar-refractivity contribution in [3.63, 3.8) is 0 Å². The van der Waals surface area contributed by atoms with Gasteiger partial charge in [-0.3, -0.25) is 0 Å². The number of hydrogen-bond acceptors (Lipinski definition) is 3. The van der Waals surface area contributed by atoms with E-state index < -0.39 is 0 Å². The fourth-order valence-corrected chi connectivity index (χ4v) is 2.54. The predicted molar refractivity (Wildman–Crippen MR) is 71.3 cm³/mol. The molecule has 1 aliphatic carbocycles. The molecule has 100 valence electrons. The van der Waals surface area contributed by atoms with Crippen molar-refractivity contribution in [3.05, 3.63) is 0 Å². The molecule has 0 radical (unpaired) electrons. The molecule has 2 fully saturated rings. The quantitative estimate of drug-likeness (QED) is 0.623. The zero-order valence-electron chi connectivity index (χ0n) is 11.3. The SMILES string of the molecule is CCCOCCCN1CCC(CNC2CC2)C1. The summed E-state index contributed by atoms with van der Waals surface area (Å²) in [5.74, 6) is 0.896. The van der Waals surface area contributed by atoms with E-state index in [-0.39, 0.29) is 0 Å². The first-order chi connectivity index (χ1) is 8.38. The molecule has 3 heteroatoms. The Morgan fingerprint density at radius 2 is 2.12 bits per heavy atom. The van der Waals surface area contributed by atoms with Gasteiger partial charge in [-0.2, -0.15) is 0 Å². The average Bonchev–Trinajstić information content (AvgIpc) is 3.06. The average molecular weight is 240 g/mol. The van der Waals surface area contributed by atoms with Crippen molar-refractivity contribution in [1.29, 1.82) is 0 Å². The summed E-state index contributed by atoms with van der Waals surface area (Å²) in [6.45, 7) is 9.09. The summed E-state index contributed by atoms with van der Waals surface area (Å²) in [6, 6.07) is 0.867. The van der Waals surface area contributed by atoms with Crippen LogP contribution in [0.2, 0.25) is 0 Å². The van der Waals surface area contributed by atoms with E-state index in [1.165, 1.54) is 51.9 Å². The first kappa shape index (κ1) is 13.3. The lowest BCUT2D eigenvalue weighted by molar-refractivity contribution is 0.123. The van der Waals surface area contributed by atoms with Crippen molar-refractivity contribution in [2.75, 3.05) is 39.4 Å². The van der Waals surface area contributed by atoms with Gasteiger partial charge in [0.15, 0.2) is 0 Å². The van der Waals surface area contributed by atoms with E-state index in [2.05, 4.69) is 17.1 Å². The molecule has 1 heterocycles. The Labute approximate surface area is 106 Å². The third kappa shape index (κ3) is 5.36. The lowest BCUT2D eigenvalue weighted by atomic mass is 10.1. The highest BCUT2D eigenvalue weighted by molar-refractivity contribution is 4.84. The van der Waals surface area contributed by atoms with Gasteiger partial charge in [0.2, 0.25) is 0 Å². The van der Waals surface area contributed by atoms with Crippen molar-refractivity contribution in [1.82, 2.24) is 10.2 Å². The molecule has 0 aromatic heterocycles. The van der Waals surface area contributed by atoms with Crippen LogP contribution in [-0.4, -0.2) is 50.3 Å². The lowest BCUT2D eigenvalue weighted by Crippen LogP contribution is -2.28. The maximum absolute atomic E-state index is 5.52. The minimum Gasteiger partial charge on any atom is -0.381 e. The topological polar surface area (TPSA) is 24.5 Å². The minimum atomic E-state index is 0.867. The van der Waals surface area contributed by atoms with E-state index >= 15 is 0 Å². The molecule has 1 saturated heterocycles. The molecule has 1 N–H and O–H groups in total. The molecule has 0 bridgehead atoms. The summed E-state index contributed by atoms with van der Waals surface area (Å²) in [4.78, 5) is 2.61. The molecule has 1 saturated carbocycles. The number of nitrogens with zero attached hydrogens (tertiary/aromatic N) is 1. The van der Waals surface area contributed by atoms with Crippen LogP contribution in [0.5, 0.6) is 0 Å². The van der Waals surface area contributed by atoms with Gasteiger partial charge in [0.05, 0.1) is 0 Å². The lowest BCUT2D eigenvalue weighted by Gasteiger charge is -2.16. The van der Waals surface area contributed by atoms with Crippen molar-refractivity contribution in [2.24, 2.45) is 5.92 Å². The van der Waals surface area contributed by atoms with Gasteiger partial charge >= 0.3 is 0 Å². The molecular formula is C14H28N2O. The molecule has 0 spiro atoms. The Hall–Kier alpha value is -0.120. The standard InChI is InChI=1S/C14H28N2O/c1-2-9-17-10-3-7-16-8-6-13(12-16)11-15-14-4-5-14/h13-15H,2-12H2,1H3. The molecule has 0 amide bonds. The van der Waals surface area contributed by atoms with Crippen LogP contribution in [0.15, 0.2) is 0 Å². The number of ether oxygens (including phenoxy) is 1. The predicted octanol–water partition coefficient (Wildman–Crippen LogP) is 1.88. The maximum atomic E-state index is 5.52. The highest BCUT2D eigenvalue weighted by Crippen LogP contribution is 2.21. The monoisotopic (exact) mass is 240 g/mol. The van der Waals surface area contributed by atoms with Gasteiger partial charge in [-0.1, -0.05) is 6.92 Å². The molecule has 2 aliphatic rings. The smallest absolute Gasteiger partial charge is 0.0478 e. The van der Waals surface area contributed by atoms with Gasteiger partial charge < -0.3 is 15.0 Å². The Balaban J connectivity index is 1.45. The summed E-state index contributed by atoms with van der Waals surface area (Å²) in [5.41, 5.74) is 0. The Bertz CT molecular complexity index is 206. The summed E-state index contributed by atoms with van der Waals surface area (Å²) in [6.07, 6.45) is 6.54. The fraction of sp³-hybridized carbons (Fsp3) is 1.00. The Morgan fingerprint density at radius 3 is 2.88 bits per heavy atom. The summed E-state index contributed by atoms with van der Waals surface area (Å²) >= 11 is 0. The second kappa shape index (κ2) is 7.34. The number of nitrogens with one attached hydrogen (secondary N) is 1. The van der Waals surface area contributed by atoms with Crippen LogP contribution in [0.25, 0.3) is 0 Å². The van der Waals surface area contributed by atoms with Crippen molar-refractivity contribution in [3.8, 4) is 0 Å². The first-order valence-electron chi connectivity index (χ1n) is 7.42. The first-order valence-corrected chi connectivity index (χ1v) is 7.42. The van der Waals surface area contributed by atoms with Crippen molar-refractivity contribution in [2.45, 2.75) is 45.1 Å². The van der Waals surface area contributed by atoms with E-state index in [9.17, 15) is 0 Å². The zero-order valence-corrected chi connectivity index (χ0v) is 11.3. The molecule has 17 heavy (non-hydrogen) atoms. The number of likely N-dealkylation sites (tertiary alicyclic amines) is 1. The summed E-state index contributed by atoms with van der Waals surface area (Å²) in [5, 5.41) is 3.65. The van der Waals surface area contributed by atoms with Crippen LogP contribution in [0.3, 0.4) is 0 Å². The van der Waals surface area contributed by atoms with Crippen LogP contribution in [-0.2, 0) is 4.74 Å². The second-order valence-corrected chi connectivity index (χ2v) is 5.60. The van der Waals surface area contributed by atoms with Gasteiger partial charge in [-0.05, 0) is 51.1 Å². The minimum absolute atomic E-state index is 0.867. The van der Waals surface area contributed by atoms with E-state index in [4.69, 9.17) is 4.74 Å². The molecule has 1 aliphatic heterocycles. The number of rotatable bonds is 9. The van der Waals surface area contributed by atoms with Gasteiger partial charge in [-0.25, -0.2) is 0 Å².